The number of ether oxygens (including phenoxy) is 1. The van der Waals surface area contributed by atoms with E-state index in [4.69, 9.17) is 9.88 Å². The van der Waals surface area contributed by atoms with E-state index in [2.05, 4.69) is 15.5 Å². The number of carbonyl (C=O) groups excluding carboxylic acids is 1. The molecule has 3 rings (SSSR count). The third-order valence-corrected chi connectivity index (χ3v) is 5.12. The molecular weight excluding hydrogens is 380 g/mol. The minimum Gasteiger partial charge on any atom is -0.497 e. The van der Waals surface area contributed by atoms with Gasteiger partial charge in [-0.25, -0.2) is 13.6 Å². The van der Waals surface area contributed by atoms with Crippen LogP contribution >= 0.6 is 0 Å². The molecule has 9 heteroatoms. The van der Waals surface area contributed by atoms with Gasteiger partial charge >= 0.3 is 0 Å². The maximum Gasteiger partial charge on any atom is 0.255 e. The van der Waals surface area contributed by atoms with Gasteiger partial charge in [-0.2, -0.15) is 5.10 Å². The summed E-state index contributed by atoms with van der Waals surface area (Å²) in [5.41, 5.74) is 2.71. The zero-order valence-electron chi connectivity index (χ0n) is 15.2. The van der Waals surface area contributed by atoms with E-state index in [1.54, 1.807) is 19.2 Å². The number of aromatic amines is 1. The molecule has 0 spiro atoms. The lowest BCUT2D eigenvalue weighted by molar-refractivity contribution is 0.0955. The number of carbonyl (C=O) groups is 1. The van der Waals surface area contributed by atoms with Gasteiger partial charge in [0.1, 0.15) is 5.75 Å². The van der Waals surface area contributed by atoms with Crippen LogP contribution in [0.2, 0.25) is 0 Å². The summed E-state index contributed by atoms with van der Waals surface area (Å²) in [6, 6.07) is 13.6. The second-order valence-corrected chi connectivity index (χ2v) is 7.65. The number of H-pyrrole nitrogens is 1. The lowest BCUT2D eigenvalue weighted by atomic mass is 10.1. The van der Waals surface area contributed by atoms with Gasteiger partial charge in [0.2, 0.25) is 10.0 Å². The first kappa shape index (κ1) is 19.6. The summed E-state index contributed by atoms with van der Waals surface area (Å²) < 4.78 is 27.8. The third kappa shape index (κ3) is 4.56. The molecule has 3 aromatic rings. The standard InChI is InChI=1S/C19H20N4O4S/c1-27-15-4-2-3-14(11-15)18-17(12-22-23-18)19(24)21-10-9-13-5-7-16(8-6-13)28(20,25)26/h2-8,11-12H,9-10H2,1H3,(H,21,24)(H,22,23)(H2,20,25,26). The summed E-state index contributed by atoms with van der Waals surface area (Å²) in [4.78, 5) is 12.6. The van der Waals surface area contributed by atoms with Crippen LogP contribution in [0.5, 0.6) is 5.75 Å². The fourth-order valence-corrected chi connectivity index (χ4v) is 3.23. The van der Waals surface area contributed by atoms with Crippen molar-refractivity contribution in [2.45, 2.75) is 11.3 Å². The molecule has 0 aliphatic rings. The van der Waals surface area contributed by atoms with E-state index in [0.29, 0.717) is 30.0 Å². The Balaban J connectivity index is 1.64. The number of hydrogen-bond donors (Lipinski definition) is 3. The SMILES string of the molecule is COc1cccc(-c2[nH]ncc2C(=O)NCCc2ccc(S(N)(=O)=O)cc2)c1. The van der Waals surface area contributed by atoms with Gasteiger partial charge in [0.15, 0.2) is 0 Å². The second-order valence-electron chi connectivity index (χ2n) is 6.09. The molecule has 1 aromatic heterocycles. The smallest absolute Gasteiger partial charge is 0.255 e. The van der Waals surface area contributed by atoms with Gasteiger partial charge in [0, 0.05) is 12.1 Å². The van der Waals surface area contributed by atoms with E-state index in [-0.39, 0.29) is 10.8 Å². The zero-order chi connectivity index (χ0) is 20.1. The monoisotopic (exact) mass is 400 g/mol. The van der Waals surface area contributed by atoms with E-state index in [1.807, 2.05) is 24.3 Å². The molecule has 1 amide bonds. The normalized spacial score (nSPS) is 11.2. The Bertz CT molecular complexity index is 1080. The second kappa shape index (κ2) is 8.24. The molecule has 4 N–H and O–H groups in total. The van der Waals surface area contributed by atoms with Crippen molar-refractivity contribution < 1.29 is 17.9 Å². The van der Waals surface area contributed by atoms with Gasteiger partial charge in [-0.15, -0.1) is 0 Å². The number of primary sulfonamides is 1. The predicted octanol–water partition coefficient (Wildman–Crippen LogP) is 1.71. The van der Waals surface area contributed by atoms with Gasteiger partial charge in [-0.05, 0) is 36.2 Å². The number of nitrogens with one attached hydrogen (secondary N) is 2. The lowest BCUT2D eigenvalue weighted by Gasteiger charge is -2.08. The number of sulfonamides is 1. The Morgan fingerprint density at radius 3 is 2.64 bits per heavy atom. The van der Waals surface area contributed by atoms with Gasteiger partial charge < -0.3 is 10.1 Å². The number of nitrogens with zero attached hydrogens (tertiary/aromatic N) is 1. The molecule has 0 radical (unpaired) electrons. The van der Waals surface area contributed by atoms with Crippen molar-refractivity contribution in [3.05, 3.63) is 65.9 Å². The molecule has 0 bridgehead atoms. The first-order valence-corrected chi connectivity index (χ1v) is 10.0. The van der Waals surface area contributed by atoms with Crippen LogP contribution in [0, 0.1) is 0 Å². The van der Waals surface area contributed by atoms with Crippen molar-refractivity contribution in [3.63, 3.8) is 0 Å². The van der Waals surface area contributed by atoms with Crippen LogP contribution < -0.4 is 15.2 Å². The molecule has 0 unspecified atom stereocenters. The predicted molar refractivity (Wildman–Crippen MR) is 104 cm³/mol. The molecule has 146 valence electrons. The van der Waals surface area contributed by atoms with Crippen LogP contribution in [-0.2, 0) is 16.4 Å². The fraction of sp³-hybridized carbons (Fsp3) is 0.158. The molecular formula is C19H20N4O4S. The van der Waals surface area contributed by atoms with Crippen LogP contribution in [0.1, 0.15) is 15.9 Å². The molecule has 0 saturated heterocycles. The Labute approximate surface area is 162 Å². The molecule has 28 heavy (non-hydrogen) atoms. The maximum absolute atomic E-state index is 12.5. The van der Waals surface area contributed by atoms with Gasteiger partial charge in [0.05, 0.1) is 29.5 Å². The van der Waals surface area contributed by atoms with Gasteiger partial charge in [0.25, 0.3) is 5.91 Å². The average molecular weight is 400 g/mol. The van der Waals surface area contributed by atoms with Crippen LogP contribution in [-0.4, -0.2) is 38.2 Å². The summed E-state index contributed by atoms with van der Waals surface area (Å²) >= 11 is 0. The highest BCUT2D eigenvalue weighted by Crippen LogP contribution is 2.24. The molecule has 1 heterocycles. The number of methoxy groups -OCH3 is 1. The van der Waals surface area contributed by atoms with E-state index in [1.165, 1.54) is 18.3 Å². The van der Waals surface area contributed by atoms with Crippen molar-refractivity contribution >= 4 is 15.9 Å². The Morgan fingerprint density at radius 2 is 1.96 bits per heavy atom. The number of aromatic nitrogens is 2. The van der Waals surface area contributed by atoms with Crippen molar-refractivity contribution in [3.8, 4) is 17.0 Å². The van der Waals surface area contributed by atoms with Crippen LogP contribution in [0.25, 0.3) is 11.3 Å². The highest BCUT2D eigenvalue weighted by molar-refractivity contribution is 7.89. The van der Waals surface area contributed by atoms with E-state index in [0.717, 1.165) is 11.1 Å². The van der Waals surface area contributed by atoms with Crippen molar-refractivity contribution in [2.24, 2.45) is 5.14 Å². The van der Waals surface area contributed by atoms with E-state index in [9.17, 15) is 13.2 Å². The summed E-state index contributed by atoms with van der Waals surface area (Å²) in [6.45, 7) is 0.385. The first-order valence-electron chi connectivity index (χ1n) is 8.46. The van der Waals surface area contributed by atoms with Gasteiger partial charge in [-0.1, -0.05) is 24.3 Å². The quantitative estimate of drug-likeness (QED) is 0.556. The minimum atomic E-state index is -3.71. The topological polar surface area (TPSA) is 127 Å². The van der Waals surface area contributed by atoms with Crippen molar-refractivity contribution in [1.29, 1.82) is 0 Å². The van der Waals surface area contributed by atoms with Gasteiger partial charge in [-0.3, -0.25) is 9.89 Å². The number of hydrogen-bond acceptors (Lipinski definition) is 5. The van der Waals surface area contributed by atoms with E-state index >= 15 is 0 Å². The largest absolute Gasteiger partial charge is 0.497 e. The highest BCUT2D eigenvalue weighted by Gasteiger charge is 2.15. The summed E-state index contributed by atoms with van der Waals surface area (Å²) in [6.07, 6.45) is 2.02. The zero-order valence-corrected chi connectivity index (χ0v) is 16.0. The molecule has 0 atom stereocenters. The number of amides is 1. The van der Waals surface area contributed by atoms with Crippen LogP contribution in [0.15, 0.2) is 59.6 Å². The van der Waals surface area contributed by atoms with Crippen LogP contribution in [0.3, 0.4) is 0 Å². The Kier molecular flexibility index (Phi) is 5.76. The Morgan fingerprint density at radius 1 is 1.21 bits per heavy atom. The number of rotatable bonds is 7. The Hall–Kier alpha value is -3.17. The van der Waals surface area contributed by atoms with E-state index < -0.39 is 10.0 Å². The number of benzene rings is 2. The summed E-state index contributed by atoms with van der Waals surface area (Å²) in [7, 11) is -2.13. The van der Waals surface area contributed by atoms with Crippen molar-refractivity contribution in [1.82, 2.24) is 15.5 Å². The molecule has 0 fully saturated rings. The fourth-order valence-electron chi connectivity index (χ4n) is 2.72. The van der Waals surface area contributed by atoms with Crippen molar-refractivity contribution in [2.75, 3.05) is 13.7 Å². The summed E-state index contributed by atoms with van der Waals surface area (Å²) in [5, 5.41) is 14.7. The maximum atomic E-state index is 12.5. The number of nitrogens with two attached hydrogens (primary N) is 1. The molecule has 0 saturated carbocycles. The molecule has 0 aliphatic heterocycles. The lowest BCUT2D eigenvalue weighted by Crippen LogP contribution is -2.25. The molecule has 8 nitrogen and oxygen atoms in total. The molecule has 2 aromatic carbocycles. The summed E-state index contributed by atoms with van der Waals surface area (Å²) in [5.74, 6) is 0.425. The minimum absolute atomic E-state index is 0.0570. The molecule has 0 aliphatic carbocycles. The average Bonchev–Trinajstić information content (AvgIpc) is 3.18. The highest BCUT2D eigenvalue weighted by atomic mass is 32.2. The third-order valence-electron chi connectivity index (χ3n) is 4.19. The van der Waals surface area contributed by atoms with Crippen LogP contribution in [0.4, 0.5) is 0 Å². The first-order chi connectivity index (χ1) is 13.4.